The molecule has 0 aromatic heterocycles. The summed E-state index contributed by atoms with van der Waals surface area (Å²) in [4.78, 5) is 7.95. The lowest BCUT2D eigenvalue weighted by Crippen LogP contribution is -2.54. The van der Waals surface area contributed by atoms with Gasteiger partial charge in [0.2, 0.25) is 0 Å². The lowest BCUT2D eigenvalue weighted by Gasteiger charge is -2.42. The molecule has 1 aromatic rings. The second kappa shape index (κ2) is 7.65. The van der Waals surface area contributed by atoms with E-state index in [1.165, 1.54) is 69.5 Å². The molecule has 4 rings (SSSR count). The molecule has 3 aliphatic heterocycles. The van der Waals surface area contributed by atoms with Crippen LogP contribution in [0.15, 0.2) is 18.2 Å². The number of piperazine rings is 1. The van der Waals surface area contributed by atoms with Crippen molar-refractivity contribution in [2.45, 2.75) is 57.8 Å². The summed E-state index contributed by atoms with van der Waals surface area (Å²) in [5.74, 6) is 1.05. The van der Waals surface area contributed by atoms with Crippen molar-refractivity contribution in [1.82, 2.24) is 14.7 Å². The first-order chi connectivity index (χ1) is 12.2. The molecule has 0 spiro atoms. The molecule has 3 saturated heterocycles. The van der Waals surface area contributed by atoms with Gasteiger partial charge in [-0.1, -0.05) is 6.07 Å². The highest BCUT2D eigenvalue weighted by Gasteiger charge is 2.34. The Morgan fingerprint density at radius 2 is 1.88 bits per heavy atom. The first kappa shape index (κ1) is 17.3. The smallest absolute Gasteiger partial charge is 0.123 e. The van der Waals surface area contributed by atoms with Gasteiger partial charge in [0.25, 0.3) is 0 Å². The first-order valence-corrected chi connectivity index (χ1v) is 10.1. The highest BCUT2D eigenvalue weighted by atomic mass is 16.5. The molecular formula is C21H33N3O. The van der Waals surface area contributed by atoms with Crippen molar-refractivity contribution in [2.75, 3.05) is 39.8 Å². The molecule has 3 aliphatic rings. The van der Waals surface area contributed by atoms with Crippen LogP contribution in [0.4, 0.5) is 0 Å². The summed E-state index contributed by atoms with van der Waals surface area (Å²) < 4.78 is 5.63. The molecule has 0 saturated carbocycles. The van der Waals surface area contributed by atoms with E-state index in [0.29, 0.717) is 6.04 Å². The number of benzene rings is 1. The predicted octanol–water partition coefficient (Wildman–Crippen LogP) is 2.96. The van der Waals surface area contributed by atoms with E-state index >= 15 is 0 Å². The zero-order chi connectivity index (χ0) is 17.2. The number of ether oxygens (including phenoxy) is 1. The van der Waals surface area contributed by atoms with Crippen LogP contribution in [0.25, 0.3) is 0 Å². The minimum Gasteiger partial charge on any atom is -0.496 e. The Morgan fingerprint density at radius 1 is 1.04 bits per heavy atom. The maximum Gasteiger partial charge on any atom is 0.123 e. The number of likely N-dealkylation sites (tertiary alicyclic amines) is 1. The van der Waals surface area contributed by atoms with Gasteiger partial charge in [-0.3, -0.25) is 14.7 Å². The fraction of sp³-hybridized carbons (Fsp3) is 0.714. The molecule has 0 bridgehead atoms. The van der Waals surface area contributed by atoms with Crippen molar-refractivity contribution < 1.29 is 4.74 Å². The monoisotopic (exact) mass is 343 g/mol. The van der Waals surface area contributed by atoms with Crippen LogP contribution in [0, 0.1) is 0 Å². The number of hydrogen-bond acceptors (Lipinski definition) is 4. The number of fused-ring (bicyclic) bond motifs is 1. The Morgan fingerprint density at radius 3 is 2.68 bits per heavy atom. The molecule has 4 heteroatoms. The number of hydrogen-bond donors (Lipinski definition) is 0. The average molecular weight is 344 g/mol. The summed E-state index contributed by atoms with van der Waals surface area (Å²) in [6, 6.07) is 8.28. The zero-order valence-electron chi connectivity index (χ0n) is 15.9. The van der Waals surface area contributed by atoms with Gasteiger partial charge in [0.1, 0.15) is 5.75 Å². The van der Waals surface area contributed by atoms with Crippen LogP contribution in [-0.2, 0) is 13.1 Å². The Labute approximate surface area is 152 Å². The maximum absolute atomic E-state index is 5.63. The minimum atomic E-state index is 0.651. The molecule has 2 atom stereocenters. The van der Waals surface area contributed by atoms with Gasteiger partial charge in [-0.25, -0.2) is 0 Å². The Bertz CT molecular complexity index is 585. The summed E-state index contributed by atoms with van der Waals surface area (Å²) in [7, 11) is 1.80. The van der Waals surface area contributed by atoms with Crippen LogP contribution in [0.1, 0.15) is 43.7 Å². The maximum atomic E-state index is 5.63. The summed E-state index contributed by atoms with van der Waals surface area (Å²) in [6.07, 6.45) is 5.44. The van der Waals surface area contributed by atoms with Crippen LogP contribution < -0.4 is 4.74 Å². The second-order valence-electron chi connectivity index (χ2n) is 8.20. The first-order valence-electron chi connectivity index (χ1n) is 10.1. The van der Waals surface area contributed by atoms with Gasteiger partial charge in [0, 0.05) is 43.8 Å². The predicted molar refractivity (Wildman–Crippen MR) is 102 cm³/mol. The van der Waals surface area contributed by atoms with Crippen molar-refractivity contribution in [3.63, 3.8) is 0 Å². The Balaban J connectivity index is 1.46. The summed E-state index contributed by atoms with van der Waals surface area (Å²) in [5.41, 5.74) is 2.79. The number of methoxy groups -OCH3 is 1. The molecule has 25 heavy (non-hydrogen) atoms. The molecule has 0 N–H and O–H groups in total. The summed E-state index contributed by atoms with van der Waals surface area (Å²) >= 11 is 0. The molecule has 138 valence electrons. The van der Waals surface area contributed by atoms with Gasteiger partial charge in [0.15, 0.2) is 0 Å². The van der Waals surface area contributed by atoms with E-state index in [4.69, 9.17) is 4.74 Å². The lowest BCUT2D eigenvalue weighted by molar-refractivity contribution is 0.0540. The van der Waals surface area contributed by atoms with E-state index < -0.39 is 0 Å². The van der Waals surface area contributed by atoms with Crippen LogP contribution in [0.2, 0.25) is 0 Å². The van der Waals surface area contributed by atoms with E-state index in [9.17, 15) is 0 Å². The van der Waals surface area contributed by atoms with E-state index in [0.717, 1.165) is 24.9 Å². The van der Waals surface area contributed by atoms with Crippen LogP contribution in [0.5, 0.6) is 5.75 Å². The minimum absolute atomic E-state index is 0.651. The molecule has 0 amide bonds. The van der Waals surface area contributed by atoms with E-state index in [2.05, 4.69) is 39.8 Å². The molecule has 1 aromatic carbocycles. The van der Waals surface area contributed by atoms with Gasteiger partial charge in [-0.2, -0.15) is 0 Å². The van der Waals surface area contributed by atoms with Crippen LogP contribution in [0.3, 0.4) is 0 Å². The van der Waals surface area contributed by atoms with Gasteiger partial charge in [0.05, 0.1) is 7.11 Å². The SMILES string of the molecule is COc1ccc(CN2C[C@H]3CCCN3C[C@@H]2C)cc1CN1CCCC1. The van der Waals surface area contributed by atoms with Gasteiger partial charge >= 0.3 is 0 Å². The van der Waals surface area contributed by atoms with Crippen molar-refractivity contribution >= 4 is 0 Å². The number of nitrogens with zero attached hydrogens (tertiary/aromatic N) is 3. The van der Waals surface area contributed by atoms with Crippen LogP contribution >= 0.6 is 0 Å². The second-order valence-corrected chi connectivity index (χ2v) is 8.20. The largest absolute Gasteiger partial charge is 0.496 e. The molecule has 0 unspecified atom stereocenters. The third kappa shape index (κ3) is 3.86. The molecule has 0 radical (unpaired) electrons. The van der Waals surface area contributed by atoms with Crippen molar-refractivity contribution in [2.24, 2.45) is 0 Å². The van der Waals surface area contributed by atoms with Crippen LogP contribution in [-0.4, -0.2) is 66.6 Å². The molecule has 3 fully saturated rings. The fourth-order valence-electron chi connectivity index (χ4n) is 4.94. The van der Waals surface area contributed by atoms with Gasteiger partial charge in [-0.15, -0.1) is 0 Å². The molecular weight excluding hydrogens is 310 g/mol. The van der Waals surface area contributed by atoms with Crippen molar-refractivity contribution in [3.05, 3.63) is 29.3 Å². The van der Waals surface area contributed by atoms with E-state index in [1.54, 1.807) is 7.11 Å². The standard InChI is InChI=1S/C21H33N3O/c1-17-13-23-11-5-6-20(23)16-24(17)14-18-7-8-21(25-2)19(12-18)15-22-9-3-4-10-22/h7-8,12,17,20H,3-6,9-11,13-16H2,1-2H3/t17-,20+/m0/s1. The number of rotatable bonds is 5. The third-order valence-corrected chi connectivity index (χ3v) is 6.39. The van der Waals surface area contributed by atoms with Crippen molar-refractivity contribution in [3.8, 4) is 5.75 Å². The molecule has 4 nitrogen and oxygen atoms in total. The van der Waals surface area contributed by atoms with E-state index in [-0.39, 0.29) is 0 Å². The normalized spacial score (nSPS) is 28.4. The summed E-state index contributed by atoms with van der Waals surface area (Å²) in [6.45, 7) is 10.7. The Kier molecular flexibility index (Phi) is 5.30. The quantitative estimate of drug-likeness (QED) is 0.818. The van der Waals surface area contributed by atoms with E-state index in [1.807, 2.05) is 0 Å². The summed E-state index contributed by atoms with van der Waals surface area (Å²) in [5, 5.41) is 0. The molecule has 0 aliphatic carbocycles. The third-order valence-electron chi connectivity index (χ3n) is 6.39. The highest BCUT2D eigenvalue weighted by Crippen LogP contribution is 2.28. The fourth-order valence-corrected chi connectivity index (χ4v) is 4.94. The highest BCUT2D eigenvalue weighted by molar-refractivity contribution is 5.37. The van der Waals surface area contributed by atoms with Gasteiger partial charge < -0.3 is 4.74 Å². The zero-order valence-corrected chi connectivity index (χ0v) is 15.9. The van der Waals surface area contributed by atoms with Crippen molar-refractivity contribution in [1.29, 1.82) is 0 Å². The lowest BCUT2D eigenvalue weighted by atomic mass is 10.0. The Hall–Kier alpha value is -1.10. The van der Waals surface area contributed by atoms with Gasteiger partial charge in [-0.05, 0) is 69.9 Å². The molecule has 3 heterocycles. The topological polar surface area (TPSA) is 19.0 Å². The average Bonchev–Trinajstić information content (AvgIpc) is 3.27.